The highest BCUT2D eigenvalue weighted by atomic mass is 32.1. The van der Waals surface area contributed by atoms with Gasteiger partial charge in [-0.25, -0.2) is 4.79 Å². The molecule has 7 heteroatoms. The zero-order valence-electron chi connectivity index (χ0n) is 12.6. The summed E-state index contributed by atoms with van der Waals surface area (Å²) >= 11 is 4.26. The molecule has 0 aromatic heterocycles. The highest BCUT2D eigenvalue weighted by Crippen LogP contribution is 1.87. The van der Waals surface area contributed by atoms with Crippen molar-refractivity contribution in [2.24, 2.45) is 0 Å². The molecule has 0 saturated heterocycles. The van der Waals surface area contributed by atoms with Gasteiger partial charge in [-0.15, -0.1) is 0 Å². The summed E-state index contributed by atoms with van der Waals surface area (Å²) in [5.74, 6) is 0. The molecule has 0 rings (SSSR count). The lowest BCUT2D eigenvalue weighted by atomic mass is 10.4. The number of hydrogen-bond donors (Lipinski definition) is 4. The van der Waals surface area contributed by atoms with Crippen molar-refractivity contribution in [1.82, 2.24) is 16.0 Å². The van der Waals surface area contributed by atoms with Crippen molar-refractivity contribution in [3.63, 3.8) is 0 Å². The first-order valence-corrected chi connectivity index (χ1v) is 7.74. The van der Waals surface area contributed by atoms with Crippen LogP contribution in [0.5, 0.6) is 0 Å². The number of hydrogen-bond acceptors (Lipinski definition) is 5. The highest BCUT2D eigenvalue weighted by molar-refractivity contribution is 7.80. The Morgan fingerprint density at radius 3 is 2.25 bits per heavy atom. The Labute approximate surface area is 127 Å². The van der Waals surface area contributed by atoms with Gasteiger partial charge < -0.3 is 25.4 Å². The third kappa shape index (κ3) is 15.6. The predicted molar refractivity (Wildman–Crippen MR) is 84.6 cm³/mol. The van der Waals surface area contributed by atoms with E-state index in [9.17, 15) is 4.79 Å². The zero-order valence-corrected chi connectivity index (χ0v) is 13.5. The number of thiol groups is 1. The standard InChI is InChI=1S/C13H29N3O3S/c1-3-4-15-13(17)16-6-8-19-10-9-18-7-5-14-11-12(2)20/h12,14,20H,3-11H2,1-2H3,(H2,15,16,17). The molecule has 1 unspecified atom stereocenters. The van der Waals surface area contributed by atoms with Crippen molar-refractivity contribution >= 4 is 18.7 Å². The summed E-state index contributed by atoms with van der Waals surface area (Å²) < 4.78 is 10.7. The largest absolute Gasteiger partial charge is 0.378 e. The van der Waals surface area contributed by atoms with Crippen LogP contribution in [0.25, 0.3) is 0 Å². The number of amides is 2. The normalized spacial score (nSPS) is 12.2. The van der Waals surface area contributed by atoms with Crippen molar-refractivity contribution in [3.8, 4) is 0 Å². The van der Waals surface area contributed by atoms with E-state index in [1.807, 2.05) is 13.8 Å². The molecule has 0 aliphatic carbocycles. The van der Waals surface area contributed by atoms with Crippen LogP contribution in [0.15, 0.2) is 0 Å². The molecule has 0 spiro atoms. The molecule has 0 heterocycles. The summed E-state index contributed by atoms with van der Waals surface area (Å²) in [6.07, 6.45) is 0.934. The quantitative estimate of drug-likeness (QED) is 0.298. The van der Waals surface area contributed by atoms with Crippen LogP contribution in [0.2, 0.25) is 0 Å². The predicted octanol–water partition coefficient (Wildman–Crippen LogP) is 0.637. The van der Waals surface area contributed by atoms with Gasteiger partial charge in [-0.05, 0) is 6.42 Å². The first kappa shape index (κ1) is 19.5. The van der Waals surface area contributed by atoms with E-state index in [2.05, 4.69) is 28.6 Å². The van der Waals surface area contributed by atoms with E-state index in [1.54, 1.807) is 0 Å². The number of carbonyl (C=O) groups is 1. The smallest absolute Gasteiger partial charge is 0.314 e. The van der Waals surface area contributed by atoms with Crippen LogP contribution in [0.4, 0.5) is 4.79 Å². The maximum atomic E-state index is 11.2. The van der Waals surface area contributed by atoms with Gasteiger partial charge in [-0.2, -0.15) is 12.6 Å². The lowest BCUT2D eigenvalue weighted by Gasteiger charge is -2.09. The van der Waals surface area contributed by atoms with Crippen LogP contribution >= 0.6 is 12.6 Å². The third-order valence-electron chi connectivity index (χ3n) is 2.30. The van der Waals surface area contributed by atoms with Gasteiger partial charge in [-0.3, -0.25) is 0 Å². The minimum Gasteiger partial charge on any atom is -0.378 e. The second kappa shape index (κ2) is 14.9. The molecule has 0 saturated carbocycles. The van der Waals surface area contributed by atoms with E-state index in [-0.39, 0.29) is 6.03 Å². The van der Waals surface area contributed by atoms with Gasteiger partial charge in [0, 0.05) is 31.4 Å². The molecule has 2 amide bonds. The minimum atomic E-state index is -0.142. The molecule has 0 aromatic rings. The Morgan fingerprint density at radius 2 is 1.65 bits per heavy atom. The first-order chi connectivity index (χ1) is 9.66. The fourth-order valence-corrected chi connectivity index (χ4v) is 1.44. The van der Waals surface area contributed by atoms with Crippen molar-refractivity contribution in [3.05, 3.63) is 0 Å². The Bertz CT molecular complexity index is 231. The molecular weight excluding hydrogens is 278 g/mol. The average molecular weight is 307 g/mol. The van der Waals surface area contributed by atoms with Crippen LogP contribution in [-0.4, -0.2) is 63.9 Å². The molecule has 0 fully saturated rings. The molecule has 0 radical (unpaired) electrons. The van der Waals surface area contributed by atoms with Gasteiger partial charge in [0.15, 0.2) is 0 Å². The molecule has 0 aromatic carbocycles. The highest BCUT2D eigenvalue weighted by Gasteiger charge is 1.97. The topological polar surface area (TPSA) is 71.6 Å². The Balaban J connectivity index is 3.08. The molecular formula is C13H29N3O3S. The lowest BCUT2D eigenvalue weighted by molar-refractivity contribution is 0.0505. The maximum Gasteiger partial charge on any atom is 0.314 e. The van der Waals surface area contributed by atoms with Gasteiger partial charge in [0.1, 0.15) is 0 Å². The van der Waals surface area contributed by atoms with Gasteiger partial charge in [0.2, 0.25) is 0 Å². The first-order valence-electron chi connectivity index (χ1n) is 7.22. The van der Waals surface area contributed by atoms with Crippen LogP contribution in [0, 0.1) is 0 Å². The molecule has 6 nitrogen and oxygen atoms in total. The summed E-state index contributed by atoms with van der Waals surface area (Å²) in [5, 5.41) is 9.03. The van der Waals surface area contributed by atoms with Gasteiger partial charge in [0.05, 0.1) is 26.4 Å². The van der Waals surface area contributed by atoms with Crippen LogP contribution < -0.4 is 16.0 Å². The van der Waals surface area contributed by atoms with Gasteiger partial charge in [0.25, 0.3) is 0 Å². The number of urea groups is 1. The van der Waals surface area contributed by atoms with E-state index in [0.29, 0.717) is 44.8 Å². The molecule has 3 N–H and O–H groups in total. The summed E-state index contributed by atoms with van der Waals surface area (Å²) in [6.45, 7) is 9.25. The fraction of sp³-hybridized carbons (Fsp3) is 0.923. The molecule has 0 bridgehead atoms. The van der Waals surface area contributed by atoms with Gasteiger partial charge in [-0.1, -0.05) is 13.8 Å². The number of nitrogens with one attached hydrogen (secondary N) is 3. The maximum absolute atomic E-state index is 11.2. The van der Waals surface area contributed by atoms with Gasteiger partial charge >= 0.3 is 6.03 Å². The third-order valence-corrected chi connectivity index (χ3v) is 2.49. The zero-order chi connectivity index (χ0) is 15.1. The summed E-state index contributed by atoms with van der Waals surface area (Å²) in [4.78, 5) is 11.2. The summed E-state index contributed by atoms with van der Waals surface area (Å²) in [7, 11) is 0. The second-order valence-corrected chi connectivity index (χ2v) is 5.34. The monoisotopic (exact) mass is 307 g/mol. The van der Waals surface area contributed by atoms with E-state index in [0.717, 1.165) is 19.5 Å². The fourth-order valence-electron chi connectivity index (χ4n) is 1.32. The van der Waals surface area contributed by atoms with Crippen molar-refractivity contribution < 1.29 is 14.3 Å². The second-order valence-electron chi connectivity index (χ2n) is 4.46. The van der Waals surface area contributed by atoms with Crippen LogP contribution in [0.1, 0.15) is 20.3 Å². The van der Waals surface area contributed by atoms with Crippen LogP contribution in [0.3, 0.4) is 0 Å². The van der Waals surface area contributed by atoms with Crippen molar-refractivity contribution in [2.45, 2.75) is 25.5 Å². The number of carbonyl (C=O) groups excluding carboxylic acids is 1. The molecule has 0 aliphatic heterocycles. The number of rotatable bonds is 13. The molecule has 1 atom stereocenters. The minimum absolute atomic E-state index is 0.142. The lowest BCUT2D eigenvalue weighted by Crippen LogP contribution is -2.37. The van der Waals surface area contributed by atoms with Crippen LogP contribution in [-0.2, 0) is 9.47 Å². The molecule has 20 heavy (non-hydrogen) atoms. The Kier molecular flexibility index (Phi) is 14.5. The summed E-state index contributed by atoms with van der Waals surface area (Å²) in [6, 6.07) is -0.142. The van der Waals surface area contributed by atoms with Crippen molar-refractivity contribution in [2.75, 3.05) is 52.6 Å². The van der Waals surface area contributed by atoms with Crippen molar-refractivity contribution in [1.29, 1.82) is 0 Å². The van der Waals surface area contributed by atoms with E-state index >= 15 is 0 Å². The Morgan fingerprint density at radius 1 is 1.05 bits per heavy atom. The summed E-state index contributed by atoms with van der Waals surface area (Å²) in [5.41, 5.74) is 0. The average Bonchev–Trinajstić information content (AvgIpc) is 2.42. The number of ether oxygens (including phenoxy) is 2. The molecule has 120 valence electrons. The SMILES string of the molecule is CCCNC(=O)NCCOCCOCCNCC(C)S. The van der Waals surface area contributed by atoms with E-state index < -0.39 is 0 Å². The molecule has 0 aliphatic rings. The van der Waals surface area contributed by atoms with E-state index in [1.165, 1.54) is 0 Å². The Hall–Kier alpha value is -0.500. The van der Waals surface area contributed by atoms with E-state index in [4.69, 9.17) is 9.47 Å².